The van der Waals surface area contributed by atoms with Crippen LogP contribution in [-0.4, -0.2) is 31.9 Å². The fourth-order valence-electron chi connectivity index (χ4n) is 2.93. The zero-order valence-corrected chi connectivity index (χ0v) is 13.9. The highest BCUT2D eigenvalue weighted by molar-refractivity contribution is 5.38. The number of rotatable bonds is 5. The summed E-state index contributed by atoms with van der Waals surface area (Å²) >= 11 is 0. The van der Waals surface area contributed by atoms with Crippen LogP contribution < -0.4 is 4.74 Å². The molecule has 3 nitrogen and oxygen atoms in total. The Morgan fingerprint density at radius 3 is 2.43 bits per heavy atom. The van der Waals surface area contributed by atoms with Crippen LogP contribution in [0.2, 0.25) is 0 Å². The van der Waals surface area contributed by atoms with E-state index >= 15 is 0 Å². The smallest absolute Gasteiger partial charge is 0.123 e. The van der Waals surface area contributed by atoms with E-state index in [0.717, 1.165) is 37.8 Å². The molecule has 3 heteroatoms. The number of nitrogens with zero attached hydrogens (tertiary/aromatic N) is 1. The highest BCUT2D eigenvalue weighted by Gasteiger charge is 2.20. The Bertz CT molecular complexity index is 431. The molecule has 0 unspecified atom stereocenters. The first-order valence-electron chi connectivity index (χ1n) is 8.02. The summed E-state index contributed by atoms with van der Waals surface area (Å²) < 4.78 is 6.07. The van der Waals surface area contributed by atoms with E-state index in [-0.39, 0.29) is 5.41 Å². The molecule has 0 spiro atoms. The lowest BCUT2D eigenvalue weighted by Crippen LogP contribution is -2.33. The summed E-state index contributed by atoms with van der Waals surface area (Å²) in [5.74, 6) is 1.80. The third-order valence-corrected chi connectivity index (χ3v) is 4.31. The molecule has 1 saturated heterocycles. The molecule has 0 radical (unpaired) electrons. The number of hydrogen-bond acceptors (Lipinski definition) is 3. The maximum atomic E-state index is 6.07. The van der Waals surface area contributed by atoms with E-state index in [1.54, 1.807) is 7.11 Å². The average molecular weight is 291 g/mol. The van der Waals surface area contributed by atoms with E-state index in [1.165, 1.54) is 18.4 Å². The van der Waals surface area contributed by atoms with Crippen molar-refractivity contribution in [2.24, 2.45) is 5.92 Å². The summed E-state index contributed by atoms with van der Waals surface area (Å²) in [4.78, 5) is 5.27. The molecule has 0 bridgehead atoms. The lowest BCUT2D eigenvalue weighted by atomic mass is 9.86. The Labute approximate surface area is 129 Å². The molecule has 1 aliphatic heterocycles. The molecule has 0 N–H and O–H groups in total. The second-order valence-electron chi connectivity index (χ2n) is 6.94. The minimum atomic E-state index is 0.125. The monoisotopic (exact) mass is 291 g/mol. The molecular weight excluding hydrogens is 262 g/mol. The van der Waals surface area contributed by atoms with Crippen LogP contribution >= 0.6 is 0 Å². The maximum absolute atomic E-state index is 6.07. The molecular formula is C18H29NO2. The fourth-order valence-corrected chi connectivity index (χ4v) is 2.93. The van der Waals surface area contributed by atoms with E-state index in [1.807, 2.05) is 5.06 Å². The molecule has 2 rings (SSSR count). The van der Waals surface area contributed by atoms with Gasteiger partial charge in [-0.15, -0.1) is 0 Å². The number of hydrogen-bond donors (Lipinski definition) is 0. The molecule has 1 aromatic carbocycles. The Morgan fingerprint density at radius 2 is 1.81 bits per heavy atom. The average Bonchev–Trinajstić information content (AvgIpc) is 2.47. The van der Waals surface area contributed by atoms with E-state index in [9.17, 15) is 0 Å². The van der Waals surface area contributed by atoms with Crippen molar-refractivity contribution >= 4 is 0 Å². The molecule has 0 atom stereocenters. The van der Waals surface area contributed by atoms with Crippen molar-refractivity contribution in [3.8, 4) is 5.75 Å². The molecule has 1 fully saturated rings. The summed E-state index contributed by atoms with van der Waals surface area (Å²) in [6.07, 6.45) is 3.55. The summed E-state index contributed by atoms with van der Waals surface area (Å²) in [5, 5.41) is 2.05. The molecule has 0 aliphatic carbocycles. The number of piperidine rings is 1. The highest BCUT2D eigenvalue weighted by Crippen LogP contribution is 2.31. The second-order valence-corrected chi connectivity index (χ2v) is 6.94. The van der Waals surface area contributed by atoms with Gasteiger partial charge in [0.15, 0.2) is 0 Å². The molecule has 0 aromatic heterocycles. The minimum Gasteiger partial charge on any atom is -0.493 e. The second kappa shape index (κ2) is 7.28. The van der Waals surface area contributed by atoms with Crippen molar-refractivity contribution < 1.29 is 9.57 Å². The van der Waals surface area contributed by atoms with Crippen molar-refractivity contribution in [3.05, 3.63) is 29.8 Å². The van der Waals surface area contributed by atoms with Crippen LogP contribution in [0.3, 0.4) is 0 Å². The van der Waals surface area contributed by atoms with Gasteiger partial charge in [-0.25, -0.2) is 0 Å². The van der Waals surface area contributed by atoms with Crippen LogP contribution in [0, 0.1) is 5.92 Å². The van der Waals surface area contributed by atoms with Crippen molar-refractivity contribution in [2.75, 3.05) is 26.8 Å². The standard InChI is InChI=1S/C18H29NO2/c1-18(2,3)16-7-5-6-8-17(16)21-14-11-15-9-12-19(20-4)13-10-15/h5-8,15H,9-14H2,1-4H3. The SMILES string of the molecule is CON1CCC(CCOc2ccccc2C(C)(C)C)CC1. The topological polar surface area (TPSA) is 21.7 Å². The molecule has 1 heterocycles. The van der Waals surface area contributed by atoms with Gasteiger partial charge in [-0.1, -0.05) is 39.0 Å². The minimum absolute atomic E-state index is 0.125. The van der Waals surface area contributed by atoms with Gasteiger partial charge in [0, 0.05) is 13.1 Å². The van der Waals surface area contributed by atoms with Crippen molar-refractivity contribution in [2.45, 2.75) is 45.4 Å². The third-order valence-electron chi connectivity index (χ3n) is 4.31. The van der Waals surface area contributed by atoms with Gasteiger partial charge in [-0.3, -0.25) is 0 Å². The summed E-state index contributed by atoms with van der Waals surface area (Å²) in [7, 11) is 1.76. The zero-order valence-electron chi connectivity index (χ0n) is 13.9. The molecule has 0 saturated carbocycles. The van der Waals surface area contributed by atoms with Crippen LogP contribution in [0.5, 0.6) is 5.75 Å². The predicted octanol–water partition coefficient (Wildman–Crippen LogP) is 4.03. The number of para-hydroxylation sites is 1. The molecule has 1 aromatic rings. The Kier molecular flexibility index (Phi) is 5.65. The van der Waals surface area contributed by atoms with Gasteiger partial charge in [-0.05, 0) is 42.2 Å². The lowest BCUT2D eigenvalue weighted by molar-refractivity contribution is -0.148. The van der Waals surface area contributed by atoms with Gasteiger partial charge in [0.25, 0.3) is 0 Å². The molecule has 118 valence electrons. The van der Waals surface area contributed by atoms with Crippen molar-refractivity contribution in [1.82, 2.24) is 5.06 Å². The Balaban J connectivity index is 1.82. The first-order valence-corrected chi connectivity index (χ1v) is 8.02. The van der Waals surface area contributed by atoms with Gasteiger partial charge in [0.1, 0.15) is 5.75 Å². The predicted molar refractivity (Wildman–Crippen MR) is 86.6 cm³/mol. The van der Waals surface area contributed by atoms with Gasteiger partial charge < -0.3 is 9.57 Å². The summed E-state index contributed by atoms with van der Waals surface area (Å²) in [5.41, 5.74) is 1.42. The largest absolute Gasteiger partial charge is 0.493 e. The Hall–Kier alpha value is -1.06. The number of ether oxygens (including phenoxy) is 1. The summed E-state index contributed by atoms with van der Waals surface area (Å²) in [6.45, 7) is 9.59. The first-order chi connectivity index (χ1) is 10.0. The maximum Gasteiger partial charge on any atom is 0.123 e. The van der Waals surface area contributed by atoms with Crippen LogP contribution in [0.4, 0.5) is 0 Å². The molecule has 21 heavy (non-hydrogen) atoms. The van der Waals surface area contributed by atoms with E-state index in [4.69, 9.17) is 9.57 Å². The van der Waals surface area contributed by atoms with Crippen LogP contribution in [0.25, 0.3) is 0 Å². The first kappa shape index (κ1) is 16.3. The quantitative estimate of drug-likeness (QED) is 0.817. The van der Waals surface area contributed by atoms with Crippen LogP contribution in [0.1, 0.15) is 45.6 Å². The van der Waals surface area contributed by atoms with Crippen molar-refractivity contribution in [3.63, 3.8) is 0 Å². The van der Waals surface area contributed by atoms with Crippen LogP contribution in [-0.2, 0) is 10.3 Å². The van der Waals surface area contributed by atoms with Gasteiger partial charge in [0.2, 0.25) is 0 Å². The molecule has 0 amide bonds. The Morgan fingerprint density at radius 1 is 1.14 bits per heavy atom. The third kappa shape index (κ3) is 4.72. The van der Waals surface area contributed by atoms with Gasteiger partial charge >= 0.3 is 0 Å². The highest BCUT2D eigenvalue weighted by atomic mass is 16.7. The van der Waals surface area contributed by atoms with E-state index in [2.05, 4.69) is 45.0 Å². The van der Waals surface area contributed by atoms with Gasteiger partial charge in [0.05, 0.1) is 13.7 Å². The van der Waals surface area contributed by atoms with Crippen LogP contribution in [0.15, 0.2) is 24.3 Å². The van der Waals surface area contributed by atoms with E-state index < -0.39 is 0 Å². The summed E-state index contributed by atoms with van der Waals surface area (Å²) in [6, 6.07) is 8.41. The van der Waals surface area contributed by atoms with Crippen molar-refractivity contribution in [1.29, 1.82) is 0 Å². The number of hydroxylamine groups is 2. The number of benzene rings is 1. The van der Waals surface area contributed by atoms with E-state index in [0.29, 0.717) is 0 Å². The fraction of sp³-hybridized carbons (Fsp3) is 0.667. The lowest BCUT2D eigenvalue weighted by Gasteiger charge is -2.30. The molecule has 1 aliphatic rings. The zero-order chi connectivity index (χ0) is 15.3. The normalized spacial score (nSPS) is 17.9. The van der Waals surface area contributed by atoms with Gasteiger partial charge in [-0.2, -0.15) is 5.06 Å².